The lowest BCUT2D eigenvalue weighted by Gasteiger charge is -2.01. The van der Waals surface area contributed by atoms with Gasteiger partial charge < -0.3 is 4.74 Å². The minimum Gasteiger partial charge on any atom is -0.481 e. The topological polar surface area (TPSA) is 9.23 Å². The molecule has 0 aromatic heterocycles. The molecule has 1 heteroatoms. The van der Waals surface area contributed by atoms with E-state index in [1.165, 1.54) is 31.2 Å². The van der Waals surface area contributed by atoms with Crippen LogP contribution in [0.15, 0.2) is 54.6 Å². The quantitative estimate of drug-likeness (QED) is 0.542. The van der Waals surface area contributed by atoms with E-state index in [0.29, 0.717) is 6.61 Å². The molecule has 0 bridgehead atoms. The Morgan fingerprint density at radius 1 is 0.905 bits per heavy atom. The second-order valence-electron chi connectivity index (χ2n) is 5.06. The van der Waals surface area contributed by atoms with E-state index >= 15 is 0 Å². The predicted octanol–water partition coefficient (Wildman–Crippen LogP) is 4.85. The molecule has 2 rings (SSSR count). The Morgan fingerprint density at radius 3 is 2.38 bits per heavy atom. The molecule has 0 saturated carbocycles. The van der Waals surface area contributed by atoms with Gasteiger partial charge in [0.05, 0.1) is 0 Å². The van der Waals surface area contributed by atoms with Crippen LogP contribution >= 0.6 is 0 Å². The summed E-state index contributed by atoms with van der Waals surface area (Å²) >= 11 is 0. The zero-order chi connectivity index (χ0) is 14.8. The molecular formula is C20H22O. The minimum atomic E-state index is 0.419. The Morgan fingerprint density at radius 2 is 1.67 bits per heavy atom. The molecule has 108 valence electrons. The van der Waals surface area contributed by atoms with Crippen LogP contribution < -0.4 is 4.74 Å². The van der Waals surface area contributed by atoms with E-state index < -0.39 is 0 Å². The van der Waals surface area contributed by atoms with Crippen LogP contribution in [0.2, 0.25) is 0 Å². The van der Waals surface area contributed by atoms with Gasteiger partial charge >= 0.3 is 0 Å². The number of hydrogen-bond acceptors (Lipinski definition) is 1. The maximum atomic E-state index is 5.54. The van der Waals surface area contributed by atoms with Gasteiger partial charge in [-0.3, -0.25) is 0 Å². The van der Waals surface area contributed by atoms with Gasteiger partial charge in [-0.15, -0.1) is 0 Å². The standard InChI is InChI=1S/C20H22O/c1-2-3-5-9-18-13-15-19(16-14-18)10-8-17-21-20-11-6-4-7-12-20/h4,6-7,11-16H,2-3,5,9,17H2,1H3. The van der Waals surface area contributed by atoms with Crippen molar-refractivity contribution in [3.63, 3.8) is 0 Å². The van der Waals surface area contributed by atoms with E-state index in [2.05, 4.69) is 43.0 Å². The van der Waals surface area contributed by atoms with Crippen molar-refractivity contribution >= 4 is 0 Å². The first kappa shape index (κ1) is 15.2. The summed E-state index contributed by atoms with van der Waals surface area (Å²) < 4.78 is 5.54. The Kier molecular flexibility index (Phi) is 6.42. The number of para-hydroxylation sites is 1. The van der Waals surface area contributed by atoms with Gasteiger partial charge in [-0.25, -0.2) is 0 Å². The summed E-state index contributed by atoms with van der Waals surface area (Å²) in [5.41, 5.74) is 2.44. The summed E-state index contributed by atoms with van der Waals surface area (Å²) in [4.78, 5) is 0. The van der Waals surface area contributed by atoms with Crippen LogP contribution in [0.4, 0.5) is 0 Å². The predicted molar refractivity (Wildman–Crippen MR) is 88.5 cm³/mol. The highest BCUT2D eigenvalue weighted by molar-refractivity contribution is 5.36. The third kappa shape index (κ3) is 5.75. The molecule has 0 spiro atoms. The van der Waals surface area contributed by atoms with Gasteiger partial charge in [0.1, 0.15) is 12.4 Å². The van der Waals surface area contributed by atoms with Gasteiger partial charge in [0, 0.05) is 5.56 Å². The number of aryl methyl sites for hydroxylation is 1. The molecule has 0 fully saturated rings. The molecular weight excluding hydrogens is 256 g/mol. The highest BCUT2D eigenvalue weighted by Gasteiger charge is 1.93. The maximum Gasteiger partial charge on any atom is 0.149 e. The summed E-state index contributed by atoms with van der Waals surface area (Å²) in [6.07, 6.45) is 5.01. The summed E-state index contributed by atoms with van der Waals surface area (Å²) in [5.74, 6) is 7.04. The first-order valence-electron chi connectivity index (χ1n) is 7.64. The fraction of sp³-hybridized carbons (Fsp3) is 0.300. The Hall–Kier alpha value is -2.20. The molecule has 0 aliphatic heterocycles. The van der Waals surface area contributed by atoms with Crippen molar-refractivity contribution in [2.45, 2.75) is 32.6 Å². The third-order valence-corrected chi connectivity index (χ3v) is 3.31. The smallest absolute Gasteiger partial charge is 0.149 e. The van der Waals surface area contributed by atoms with Crippen LogP contribution in [0, 0.1) is 11.8 Å². The molecule has 0 aliphatic carbocycles. The highest BCUT2D eigenvalue weighted by atomic mass is 16.5. The van der Waals surface area contributed by atoms with Crippen molar-refractivity contribution < 1.29 is 4.74 Å². The van der Waals surface area contributed by atoms with E-state index in [4.69, 9.17) is 4.74 Å². The fourth-order valence-corrected chi connectivity index (χ4v) is 2.11. The molecule has 0 unspecified atom stereocenters. The van der Waals surface area contributed by atoms with Crippen molar-refractivity contribution in [2.24, 2.45) is 0 Å². The normalized spacial score (nSPS) is 9.76. The second-order valence-corrected chi connectivity index (χ2v) is 5.06. The van der Waals surface area contributed by atoms with E-state index in [0.717, 1.165) is 11.3 Å². The lowest BCUT2D eigenvalue weighted by molar-refractivity contribution is 0.370. The van der Waals surface area contributed by atoms with Crippen molar-refractivity contribution in [1.82, 2.24) is 0 Å². The van der Waals surface area contributed by atoms with Crippen LogP contribution in [0.5, 0.6) is 5.75 Å². The van der Waals surface area contributed by atoms with Gasteiger partial charge in [0.25, 0.3) is 0 Å². The zero-order valence-corrected chi connectivity index (χ0v) is 12.6. The number of unbranched alkanes of at least 4 members (excludes halogenated alkanes) is 2. The summed E-state index contributed by atoms with van der Waals surface area (Å²) in [7, 11) is 0. The minimum absolute atomic E-state index is 0.419. The van der Waals surface area contributed by atoms with Crippen molar-refractivity contribution in [1.29, 1.82) is 0 Å². The molecule has 0 N–H and O–H groups in total. The lowest BCUT2D eigenvalue weighted by Crippen LogP contribution is -1.93. The molecule has 21 heavy (non-hydrogen) atoms. The van der Waals surface area contributed by atoms with Crippen LogP contribution in [0.25, 0.3) is 0 Å². The number of hydrogen-bond donors (Lipinski definition) is 0. The molecule has 2 aromatic carbocycles. The average Bonchev–Trinajstić information content (AvgIpc) is 2.54. The first-order chi connectivity index (χ1) is 10.4. The number of rotatable bonds is 6. The summed E-state index contributed by atoms with van der Waals surface area (Å²) in [6.45, 7) is 2.65. The third-order valence-electron chi connectivity index (χ3n) is 3.31. The second kappa shape index (κ2) is 8.87. The SMILES string of the molecule is CCCCCc1ccc(C#CCOc2ccccc2)cc1. The van der Waals surface area contributed by atoms with Crippen molar-refractivity contribution in [3.8, 4) is 17.6 Å². The highest BCUT2D eigenvalue weighted by Crippen LogP contribution is 2.09. The van der Waals surface area contributed by atoms with Gasteiger partial charge in [0.15, 0.2) is 0 Å². The van der Waals surface area contributed by atoms with Crippen LogP contribution in [-0.2, 0) is 6.42 Å². The molecule has 0 heterocycles. The fourth-order valence-electron chi connectivity index (χ4n) is 2.11. The molecule has 0 amide bonds. The number of ether oxygens (including phenoxy) is 1. The van der Waals surface area contributed by atoms with Gasteiger partial charge in [0.2, 0.25) is 0 Å². The Labute approximate surface area is 128 Å². The monoisotopic (exact) mass is 278 g/mol. The molecule has 0 aliphatic rings. The van der Waals surface area contributed by atoms with Gasteiger partial charge in [-0.1, -0.05) is 61.9 Å². The van der Waals surface area contributed by atoms with E-state index in [1.807, 2.05) is 30.3 Å². The van der Waals surface area contributed by atoms with E-state index in [9.17, 15) is 0 Å². The van der Waals surface area contributed by atoms with E-state index in [-0.39, 0.29) is 0 Å². The Balaban J connectivity index is 1.79. The van der Waals surface area contributed by atoms with Crippen LogP contribution in [0.1, 0.15) is 37.3 Å². The maximum absolute atomic E-state index is 5.54. The molecule has 1 nitrogen and oxygen atoms in total. The first-order valence-corrected chi connectivity index (χ1v) is 7.64. The lowest BCUT2D eigenvalue weighted by atomic mass is 10.1. The summed E-state index contributed by atoms with van der Waals surface area (Å²) in [5, 5.41) is 0. The molecule has 0 atom stereocenters. The van der Waals surface area contributed by atoms with Gasteiger partial charge in [-0.2, -0.15) is 0 Å². The zero-order valence-electron chi connectivity index (χ0n) is 12.6. The average molecular weight is 278 g/mol. The van der Waals surface area contributed by atoms with Gasteiger partial charge in [-0.05, 0) is 42.7 Å². The van der Waals surface area contributed by atoms with Crippen LogP contribution in [0.3, 0.4) is 0 Å². The van der Waals surface area contributed by atoms with Crippen molar-refractivity contribution in [3.05, 3.63) is 65.7 Å². The largest absolute Gasteiger partial charge is 0.481 e. The van der Waals surface area contributed by atoms with Crippen molar-refractivity contribution in [2.75, 3.05) is 6.61 Å². The van der Waals surface area contributed by atoms with E-state index in [1.54, 1.807) is 0 Å². The molecule has 0 radical (unpaired) electrons. The van der Waals surface area contributed by atoms with Crippen LogP contribution in [-0.4, -0.2) is 6.61 Å². The Bertz CT molecular complexity index is 573. The number of benzene rings is 2. The molecule has 0 saturated heterocycles. The summed E-state index contributed by atoms with van der Waals surface area (Å²) in [6, 6.07) is 18.3. The molecule has 2 aromatic rings.